The minimum Gasteiger partial charge on any atom is -0.280 e. The molecule has 0 atom stereocenters. The van der Waals surface area contributed by atoms with E-state index in [4.69, 9.17) is 11.6 Å². The average molecular weight is 379 g/mol. The number of benzene rings is 2. The van der Waals surface area contributed by atoms with Crippen LogP contribution in [0.3, 0.4) is 0 Å². The molecule has 0 unspecified atom stereocenters. The first-order valence-corrected chi connectivity index (χ1v) is 8.19. The fraction of sp³-hybridized carbons (Fsp3) is 0.0769. The standard InChI is InChI=1S/C13H10BrClFNO2S/c1-8-6-10(3-4-11(8)14)20(18,19)17-9-2-5-13(16)12(15)7-9/h2-7,17H,1H3. The van der Waals surface area contributed by atoms with Gasteiger partial charge in [-0.3, -0.25) is 4.72 Å². The maximum atomic E-state index is 13.0. The third-order valence-electron chi connectivity index (χ3n) is 2.61. The lowest BCUT2D eigenvalue weighted by atomic mass is 10.2. The lowest BCUT2D eigenvalue weighted by Gasteiger charge is -2.09. The van der Waals surface area contributed by atoms with E-state index >= 15 is 0 Å². The molecule has 106 valence electrons. The number of anilines is 1. The van der Waals surface area contributed by atoms with Crippen molar-refractivity contribution < 1.29 is 12.8 Å². The Morgan fingerprint density at radius 3 is 2.50 bits per heavy atom. The third-order valence-corrected chi connectivity index (χ3v) is 5.17. The first-order chi connectivity index (χ1) is 9.29. The Morgan fingerprint density at radius 2 is 1.90 bits per heavy atom. The zero-order valence-corrected chi connectivity index (χ0v) is 13.5. The number of nitrogens with one attached hydrogen (secondary N) is 1. The van der Waals surface area contributed by atoms with Gasteiger partial charge in [-0.05, 0) is 48.9 Å². The van der Waals surface area contributed by atoms with Crippen LogP contribution in [0.4, 0.5) is 10.1 Å². The smallest absolute Gasteiger partial charge is 0.261 e. The zero-order chi connectivity index (χ0) is 14.9. The predicted molar refractivity (Wildman–Crippen MR) is 81.1 cm³/mol. The predicted octanol–water partition coefficient (Wildman–Crippen LogP) is 4.35. The van der Waals surface area contributed by atoms with Crippen LogP contribution in [0.1, 0.15) is 5.56 Å². The van der Waals surface area contributed by atoms with Crippen molar-refractivity contribution in [3.05, 3.63) is 57.3 Å². The van der Waals surface area contributed by atoms with E-state index in [1.165, 1.54) is 24.3 Å². The molecule has 0 saturated heterocycles. The van der Waals surface area contributed by atoms with Gasteiger partial charge >= 0.3 is 0 Å². The quantitative estimate of drug-likeness (QED) is 0.863. The maximum absolute atomic E-state index is 13.0. The summed E-state index contributed by atoms with van der Waals surface area (Å²) in [6.07, 6.45) is 0. The van der Waals surface area contributed by atoms with E-state index in [1.54, 1.807) is 13.0 Å². The summed E-state index contributed by atoms with van der Waals surface area (Å²) in [5.41, 5.74) is 1.00. The molecule has 0 spiro atoms. The Bertz CT molecular complexity index is 765. The van der Waals surface area contributed by atoms with Crippen molar-refractivity contribution in [1.29, 1.82) is 0 Å². The summed E-state index contributed by atoms with van der Waals surface area (Å²) in [6.45, 7) is 1.79. The molecular weight excluding hydrogens is 369 g/mol. The van der Waals surface area contributed by atoms with E-state index in [2.05, 4.69) is 20.7 Å². The van der Waals surface area contributed by atoms with Crippen LogP contribution in [0.15, 0.2) is 45.8 Å². The molecule has 0 aliphatic rings. The molecule has 20 heavy (non-hydrogen) atoms. The van der Waals surface area contributed by atoms with Crippen LogP contribution in [0.5, 0.6) is 0 Å². The number of aryl methyl sites for hydroxylation is 1. The van der Waals surface area contributed by atoms with Gasteiger partial charge in [0.05, 0.1) is 15.6 Å². The van der Waals surface area contributed by atoms with E-state index in [1.807, 2.05) is 0 Å². The fourth-order valence-corrected chi connectivity index (χ4v) is 3.12. The number of hydrogen-bond acceptors (Lipinski definition) is 2. The first-order valence-electron chi connectivity index (χ1n) is 5.53. The van der Waals surface area contributed by atoms with Gasteiger partial charge in [-0.1, -0.05) is 27.5 Å². The summed E-state index contributed by atoms with van der Waals surface area (Å²) < 4.78 is 40.6. The highest BCUT2D eigenvalue weighted by Crippen LogP contribution is 2.24. The molecular formula is C13H10BrClFNO2S. The van der Waals surface area contributed by atoms with Gasteiger partial charge in [-0.15, -0.1) is 0 Å². The Balaban J connectivity index is 2.35. The molecule has 2 aromatic rings. The van der Waals surface area contributed by atoms with E-state index in [0.717, 1.165) is 16.1 Å². The minimum atomic E-state index is -3.73. The van der Waals surface area contributed by atoms with Crippen LogP contribution in [0.25, 0.3) is 0 Å². The number of rotatable bonds is 3. The highest BCUT2D eigenvalue weighted by Gasteiger charge is 2.15. The Kier molecular flexibility index (Phi) is 4.36. The molecule has 3 nitrogen and oxygen atoms in total. The SMILES string of the molecule is Cc1cc(S(=O)(=O)Nc2ccc(F)c(Cl)c2)ccc1Br. The van der Waals surface area contributed by atoms with Crippen molar-refractivity contribution in [2.75, 3.05) is 4.72 Å². The maximum Gasteiger partial charge on any atom is 0.261 e. The van der Waals surface area contributed by atoms with Gasteiger partial charge in [-0.2, -0.15) is 0 Å². The van der Waals surface area contributed by atoms with E-state index in [0.29, 0.717) is 0 Å². The summed E-state index contributed by atoms with van der Waals surface area (Å²) >= 11 is 8.92. The largest absolute Gasteiger partial charge is 0.280 e. The van der Waals surface area contributed by atoms with Crippen LogP contribution in [-0.4, -0.2) is 8.42 Å². The molecule has 0 aliphatic carbocycles. The lowest BCUT2D eigenvalue weighted by molar-refractivity contribution is 0.601. The summed E-state index contributed by atoms with van der Waals surface area (Å²) in [7, 11) is -3.73. The van der Waals surface area contributed by atoms with Crippen LogP contribution in [0, 0.1) is 12.7 Å². The van der Waals surface area contributed by atoms with Gasteiger partial charge in [0, 0.05) is 4.47 Å². The highest BCUT2D eigenvalue weighted by atomic mass is 79.9. The van der Waals surface area contributed by atoms with Crippen molar-refractivity contribution >= 4 is 43.2 Å². The Labute approximate surface area is 130 Å². The number of halogens is 3. The summed E-state index contributed by atoms with van der Waals surface area (Å²) in [6, 6.07) is 8.31. The van der Waals surface area contributed by atoms with Crippen molar-refractivity contribution in [3.63, 3.8) is 0 Å². The molecule has 0 aliphatic heterocycles. The Morgan fingerprint density at radius 1 is 1.20 bits per heavy atom. The molecule has 2 rings (SSSR count). The lowest BCUT2D eigenvalue weighted by Crippen LogP contribution is -2.13. The van der Waals surface area contributed by atoms with Gasteiger partial charge in [0.25, 0.3) is 10.0 Å². The second-order valence-corrected chi connectivity index (χ2v) is 7.09. The topological polar surface area (TPSA) is 46.2 Å². The monoisotopic (exact) mass is 377 g/mol. The van der Waals surface area contributed by atoms with Crippen LogP contribution >= 0.6 is 27.5 Å². The van der Waals surface area contributed by atoms with Gasteiger partial charge < -0.3 is 0 Å². The summed E-state index contributed by atoms with van der Waals surface area (Å²) in [4.78, 5) is 0.124. The molecule has 0 saturated carbocycles. The van der Waals surface area contributed by atoms with E-state index in [9.17, 15) is 12.8 Å². The second kappa shape index (κ2) is 5.71. The van der Waals surface area contributed by atoms with Crippen molar-refractivity contribution in [2.45, 2.75) is 11.8 Å². The number of sulfonamides is 1. The van der Waals surface area contributed by atoms with Crippen LogP contribution in [-0.2, 0) is 10.0 Å². The average Bonchev–Trinajstić information content (AvgIpc) is 2.37. The Hall–Kier alpha value is -1.11. The van der Waals surface area contributed by atoms with Crippen LogP contribution in [0.2, 0.25) is 5.02 Å². The van der Waals surface area contributed by atoms with Crippen molar-refractivity contribution in [3.8, 4) is 0 Å². The highest BCUT2D eigenvalue weighted by molar-refractivity contribution is 9.10. The minimum absolute atomic E-state index is 0.124. The van der Waals surface area contributed by atoms with Crippen molar-refractivity contribution in [2.24, 2.45) is 0 Å². The molecule has 0 fully saturated rings. The molecule has 0 bridgehead atoms. The molecule has 7 heteroatoms. The molecule has 0 heterocycles. The molecule has 0 radical (unpaired) electrons. The molecule has 0 amide bonds. The van der Waals surface area contributed by atoms with Gasteiger partial charge in [-0.25, -0.2) is 12.8 Å². The molecule has 2 aromatic carbocycles. The molecule has 0 aromatic heterocycles. The van der Waals surface area contributed by atoms with Gasteiger partial charge in [0.1, 0.15) is 5.82 Å². The number of hydrogen-bond donors (Lipinski definition) is 1. The van der Waals surface area contributed by atoms with E-state index in [-0.39, 0.29) is 15.6 Å². The van der Waals surface area contributed by atoms with Crippen molar-refractivity contribution in [1.82, 2.24) is 0 Å². The summed E-state index contributed by atoms with van der Waals surface area (Å²) in [5, 5.41) is -0.141. The fourth-order valence-electron chi connectivity index (χ4n) is 1.56. The zero-order valence-electron chi connectivity index (χ0n) is 10.3. The van der Waals surface area contributed by atoms with E-state index < -0.39 is 15.8 Å². The first kappa shape index (κ1) is 15.3. The van der Waals surface area contributed by atoms with Gasteiger partial charge in [0.15, 0.2) is 0 Å². The normalized spacial score (nSPS) is 11.4. The second-order valence-electron chi connectivity index (χ2n) is 4.15. The summed E-state index contributed by atoms with van der Waals surface area (Å²) in [5.74, 6) is -0.603. The van der Waals surface area contributed by atoms with Gasteiger partial charge in [0.2, 0.25) is 0 Å². The third kappa shape index (κ3) is 3.31. The molecule has 1 N–H and O–H groups in total. The van der Waals surface area contributed by atoms with Crippen LogP contribution < -0.4 is 4.72 Å².